The molecule has 2 N–H and O–H groups in total. The number of hydrogen-bond donors (Lipinski definition) is 2. The second-order valence-electron chi connectivity index (χ2n) is 12.2. The number of likely N-dealkylation sites (tertiary alicyclic amines) is 1. The summed E-state index contributed by atoms with van der Waals surface area (Å²) in [5.74, 6) is -3.61. The second kappa shape index (κ2) is 13.5. The third-order valence-electron chi connectivity index (χ3n) is 9.20. The van der Waals surface area contributed by atoms with Gasteiger partial charge in [-0.15, -0.1) is 0 Å². The van der Waals surface area contributed by atoms with E-state index in [0.717, 1.165) is 19.3 Å². The van der Waals surface area contributed by atoms with Crippen molar-refractivity contribution in [2.45, 2.75) is 88.8 Å². The van der Waals surface area contributed by atoms with Crippen LogP contribution in [0.5, 0.6) is 0 Å². The molecule has 1 aromatic rings. The van der Waals surface area contributed by atoms with Gasteiger partial charge in [-0.2, -0.15) is 0 Å². The molecule has 238 valence electrons. The second-order valence-corrected chi connectivity index (χ2v) is 13.1. The first-order valence-electron chi connectivity index (χ1n) is 15.6. The van der Waals surface area contributed by atoms with Gasteiger partial charge in [0.2, 0.25) is 17.7 Å². The number of nitrogens with zero attached hydrogens (tertiary/aromatic N) is 2. The molecule has 4 aliphatic rings. The number of allylic oxidation sites excluding steroid dienone is 1. The first-order valence-corrected chi connectivity index (χ1v) is 16.4. The van der Waals surface area contributed by atoms with Gasteiger partial charge >= 0.3 is 5.97 Å². The molecule has 44 heavy (non-hydrogen) atoms. The fraction of sp³-hybridized carbons (Fsp3) is 0.576. The van der Waals surface area contributed by atoms with E-state index in [0.29, 0.717) is 29.6 Å². The summed E-state index contributed by atoms with van der Waals surface area (Å²) >= 11 is 3.57. The summed E-state index contributed by atoms with van der Waals surface area (Å²) in [6.45, 7) is 5.98. The van der Waals surface area contributed by atoms with Gasteiger partial charge in [0.15, 0.2) is 0 Å². The minimum atomic E-state index is -1.41. The number of hydrogen-bond acceptors (Lipinski definition) is 7. The van der Waals surface area contributed by atoms with E-state index in [2.05, 4.69) is 28.2 Å². The summed E-state index contributed by atoms with van der Waals surface area (Å²) in [6.07, 6.45) is 7.28. The van der Waals surface area contributed by atoms with Gasteiger partial charge in [0.1, 0.15) is 29.8 Å². The number of benzene rings is 1. The molecule has 0 unspecified atom stereocenters. The van der Waals surface area contributed by atoms with E-state index >= 15 is 0 Å². The van der Waals surface area contributed by atoms with Crippen molar-refractivity contribution in [2.24, 2.45) is 11.8 Å². The average Bonchev–Trinajstić information content (AvgIpc) is 3.61. The molecular weight excluding hydrogens is 630 g/mol. The highest BCUT2D eigenvalue weighted by atomic mass is 79.9. The number of esters is 1. The highest BCUT2D eigenvalue weighted by molar-refractivity contribution is 9.11. The topological polar surface area (TPSA) is 125 Å². The van der Waals surface area contributed by atoms with Gasteiger partial charge in [-0.05, 0) is 38.3 Å². The molecule has 3 amide bonds. The first kappa shape index (κ1) is 32.4. The number of nitrogens with one attached hydrogen (secondary N) is 1. The lowest BCUT2D eigenvalue weighted by molar-refractivity contribution is -0.162. The fourth-order valence-electron chi connectivity index (χ4n) is 7.03. The van der Waals surface area contributed by atoms with Gasteiger partial charge in [-0.3, -0.25) is 19.2 Å². The monoisotopic (exact) mass is 671 g/mol. The number of ether oxygens (including phenoxy) is 2. The summed E-state index contributed by atoms with van der Waals surface area (Å²) in [5.41, 5.74) is -0.711. The van der Waals surface area contributed by atoms with Crippen LogP contribution in [0.1, 0.15) is 64.5 Å². The van der Waals surface area contributed by atoms with Crippen molar-refractivity contribution in [2.75, 3.05) is 19.7 Å². The van der Waals surface area contributed by atoms with Crippen LogP contribution in [0.25, 0.3) is 0 Å². The van der Waals surface area contributed by atoms with Crippen molar-refractivity contribution in [3.8, 4) is 0 Å². The lowest BCUT2D eigenvalue weighted by Crippen LogP contribution is -2.58. The molecule has 2 fully saturated rings. The summed E-state index contributed by atoms with van der Waals surface area (Å²) in [7, 11) is 0. The number of rotatable bonds is 7. The van der Waals surface area contributed by atoms with Crippen LogP contribution < -0.4 is 5.32 Å². The van der Waals surface area contributed by atoms with E-state index in [9.17, 15) is 24.3 Å². The third-order valence-corrected chi connectivity index (χ3v) is 9.88. The zero-order valence-corrected chi connectivity index (χ0v) is 27.1. The van der Waals surface area contributed by atoms with Crippen molar-refractivity contribution in [3.05, 3.63) is 58.6 Å². The van der Waals surface area contributed by atoms with Crippen LogP contribution in [0, 0.1) is 11.8 Å². The molecule has 1 spiro atoms. The van der Waals surface area contributed by atoms with Gasteiger partial charge < -0.3 is 29.7 Å². The molecule has 2 saturated heterocycles. The van der Waals surface area contributed by atoms with E-state index in [-0.39, 0.29) is 24.8 Å². The number of carbonyl (C=O) groups is 4. The van der Waals surface area contributed by atoms with E-state index < -0.39 is 59.6 Å². The Balaban J connectivity index is 1.60. The Kier molecular flexibility index (Phi) is 9.96. The van der Waals surface area contributed by atoms with Crippen LogP contribution in [-0.2, 0) is 28.7 Å². The number of carbonyl (C=O) groups excluding carboxylic acids is 4. The van der Waals surface area contributed by atoms with Crippen LogP contribution in [0.4, 0.5) is 0 Å². The molecule has 8 atom stereocenters. The molecule has 11 heteroatoms. The number of halogens is 1. The van der Waals surface area contributed by atoms with Gasteiger partial charge in [0.05, 0.1) is 24.6 Å². The molecule has 0 aromatic heterocycles. The highest BCUT2D eigenvalue weighted by Crippen LogP contribution is 2.59. The third kappa shape index (κ3) is 5.86. The number of fused-ring (bicyclic) bond motifs is 2. The number of amides is 3. The summed E-state index contributed by atoms with van der Waals surface area (Å²) in [6, 6.07) is 6.85. The molecule has 0 aliphatic carbocycles. The molecule has 1 aromatic carbocycles. The molecule has 0 radical (unpaired) electrons. The largest absolute Gasteiger partial charge is 0.455 e. The van der Waals surface area contributed by atoms with Gasteiger partial charge in [0.25, 0.3) is 0 Å². The Labute approximate surface area is 266 Å². The van der Waals surface area contributed by atoms with Gasteiger partial charge in [0, 0.05) is 24.0 Å². The summed E-state index contributed by atoms with van der Waals surface area (Å²) in [4.78, 5) is 59.0. The van der Waals surface area contributed by atoms with E-state index in [1.54, 1.807) is 24.8 Å². The predicted molar refractivity (Wildman–Crippen MR) is 166 cm³/mol. The Morgan fingerprint density at radius 3 is 2.55 bits per heavy atom. The number of cyclic esters (lactones) is 1. The molecule has 0 saturated carbocycles. The number of aliphatic hydroxyl groups is 1. The zero-order chi connectivity index (χ0) is 31.6. The Morgan fingerprint density at radius 1 is 1.09 bits per heavy atom. The van der Waals surface area contributed by atoms with Gasteiger partial charge in [-0.25, -0.2) is 0 Å². The molecular formula is C33H42BrN3O7. The normalized spacial score (nSPS) is 34.0. The fourth-order valence-corrected chi connectivity index (χ4v) is 7.76. The molecule has 5 bridgehead atoms. The van der Waals surface area contributed by atoms with Crippen LogP contribution in [0.2, 0.25) is 0 Å². The maximum absolute atomic E-state index is 14.5. The summed E-state index contributed by atoms with van der Waals surface area (Å²) < 4.78 is 13.3. The quantitative estimate of drug-likeness (QED) is 0.259. The Hall–Kier alpha value is -3.02. The minimum Gasteiger partial charge on any atom is -0.455 e. The lowest BCUT2D eigenvalue weighted by atomic mass is 9.74. The Bertz CT molecular complexity index is 1320. The van der Waals surface area contributed by atoms with Crippen molar-refractivity contribution < 1.29 is 33.8 Å². The van der Waals surface area contributed by atoms with E-state index in [4.69, 9.17) is 9.47 Å². The van der Waals surface area contributed by atoms with Crippen LogP contribution in [0.3, 0.4) is 0 Å². The minimum absolute atomic E-state index is 0.185. The van der Waals surface area contributed by atoms with E-state index in [1.807, 2.05) is 42.5 Å². The summed E-state index contributed by atoms with van der Waals surface area (Å²) in [5, 5.41) is 13.2. The van der Waals surface area contributed by atoms with Gasteiger partial charge in [-0.1, -0.05) is 78.2 Å². The van der Waals surface area contributed by atoms with Crippen molar-refractivity contribution in [1.82, 2.24) is 15.1 Å². The van der Waals surface area contributed by atoms with Crippen molar-refractivity contribution in [3.63, 3.8) is 0 Å². The molecule has 4 aliphatic heterocycles. The van der Waals surface area contributed by atoms with Crippen LogP contribution >= 0.6 is 15.9 Å². The molecule has 5 rings (SSSR count). The molecule has 10 nitrogen and oxygen atoms in total. The Morgan fingerprint density at radius 2 is 1.84 bits per heavy atom. The van der Waals surface area contributed by atoms with Crippen molar-refractivity contribution in [1.29, 1.82) is 0 Å². The predicted octanol–water partition coefficient (Wildman–Crippen LogP) is 3.40. The smallest absolute Gasteiger partial charge is 0.313 e. The lowest BCUT2D eigenvalue weighted by Gasteiger charge is -2.37. The SMILES string of the molecule is CCCCCN1C/C=C\CCC(=O)N[C@H](C)[C@@H](c2ccccc2)OC(=O)[C@@H]2[C@H]3O[C@@]4(C=C3Br)[C@H](C1=O)N([C@H](C)CO)C(=O)[C@@H]24. The average molecular weight is 673 g/mol. The van der Waals surface area contributed by atoms with Crippen molar-refractivity contribution >= 4 is 39.6 Å². The zero-order valence-electron chi connectivity index (χ0n) is 25.5. The van der Waals surface area contributed by atoms with E-state index in [1.165, 1.54) is 4.90 Å². The maximum atomic E-state index is 14.5. The maximum Gasteiger partial charge on any atom is 0.313 e. The van der Waals surface area contributed by atoms with Crippen LogP contribution in [-0.4, -0.2) is 88.1 Å². The standard InChI is InChI=1S/C33H42BrN3O7/c1-4-5-11-16-36-17-12-7-10-15-24(39)35-21(3)27(22-13-8-6-9-14-22)43-32(42)25-26-30(40)37(20(2)19-38)29(31(36)41)33(26)18-23(34)28(25)44-33/h6-9,12-14,18,20-21,25-29,38H,4-5,10-11,15-17,19H2,1-3H3,(H,35,39)/b12-7-/t20-,21-,25+,26-,27+,28+,29+,33-/m1/s1. The molecule has 4 heterocycles. The number of unbranched alkanes of at least 4 members (excludes halogenated alkanes) is 2. The van der Waals surface area contributed by atoms with Crippen LogP contribution in [0.15, 0.2) is 53.0 Å². The first-order chi connectivity index (χ1) is 21.1. The number of aliphatic hydroxyl groups excluding tert-OH is 1. The highest BCUT2D eigenvalue weighted by Gasteiger charge is 2.75.